The van der Waals surface area contributed by atoms with Crippen molar-refractivity contribution in [2.45, 2.75) is 6.42 Å². The molecule has 1 aromatic carbocycles. The van der Waals surface area contributed by atoms with Gasteiger partial charge in [0.25, 0.3) is 0 Å². The number of benzene rings is 1. The number of hydrogen-bond donors (Lipinski definition) is 1. The van der Waals surface area contributed by atoms with Crippen LogP contribution in [0.3, 0.4) is 0 Å². The lowest BCUT2D eigenvalue weighted by atomic mass is 10.1. The molecule has 4 nitrogen and oxygen atoms in total. The number of hydrogen-bond acceptors (Lipinski definition) is 5. The average molecular weight is 280 g/mol. The van der Waals surface area contributed by atoms with Crippen molar-refractivity contribution in [2.75, 3.05) is 11.9 Å². The second kappa shape index (κ2) is 5.68. The van der Waals surface area contributed by atoms with E-state index >= 15 is 0 Å². The van der Waals surface area contributed by atoms with Crippen LogP contribution in [0.5, 0.6) is 0 Å². The zero-order valence-electron chi connectivity index (χ0n) is 10.7. The standard InChI is InChI=1S/C15H12N4S/c16-9-12-3-1-2-11(8-12)4-6-17-14-13-5-7-20-15(13)19-10-18-14/h1-3,5,7-8,10H,4,6H2,(H,17,18,19). The summed E-state index contributed by atoms with van der Waals surface area (Å²) in [6.45, 7) is 0.775. The fourth-order valence-electron chi connectivity index (χ4n) is 2.05. The van der Waals surface area contributed by atoms with Gasteiger partial charge in [-0.2, -0.15) is 5.26 Å². The van der Waals surface area contributed by atoms with Crippen LogP contribution in [0.15, 0.2) is 42.0 Å². The van der Waals surface area contributed by atoms with Gasteiger partial charge in [-0.1, -0.05) is 12.1 Å². The first-order valence-electron chi connectivity index (χ1n) is 6.28. The lowest BCUT2D eigenvalue weighted by molar-refractivity contribution is 1.01. The Morgan fingerprint density at radius 1 is 1.25 bits per heavy atom. The van der Waals surface area contributed by atoms with Crippen LogP contribution in [-0.2, 0) is 6.42 Å². The normalized spacial score (nSPS) is 10.3. The molecule has 0 aliphatic heterocycles. The van der Waals surface area contributed by atoms with Crippen LogP contribution in [-0.4, -0.2) is 16.5 Å². The molecule has 0 radical (unpaired) electrons. The van der Waals surface area contributed by atoms with Gasteiger partial charge in [-0.25, -0.2) is 9.97 Å². The van der Waals surface area contributed by atoms with E-state index in [2.05, 4.69) is 21.4 Å². The molecule has 0 aliphatic carbocycles. The maximum atomic E-state index is 8.88. The van der Waals surface area contributed by atoms with Crippen LogP contribution in [0.4, 0.5) is 5.82 Å². The van der Waals surface area contributed by atoms with Crippen LogP contribution in [0.2, 0.25) is 0 Å². The fraction of sp³-hybridized carbons (Fsp3) is 0.133. The quantitative estimate of drug-likeness (QED) is 0.797. The van der Waals surface area contributed by atoms with E-state index in [1.54, 1.807) is 17.7 Å². The molecule has 2 aromatic heterocycles. The van der Waals surface area contributed by atoms with E-state index in [1.165, 1.54) is 0 Å². The lowest BCUT2D eigenvalue weighted by Crippen LogP contribution is -2.06. The Balaban J connectivity index is 1.68. The third-order valence-corrected chi connectivity index (χ3v) is 3.84. The smallest absolute Gasteiger partial charge is 0.138 e. The molecule has 0 aliphatic rings. The summed E-state index contributed by atoms with van der Waals surface area (Å²) in [6.07, 6.45) is 2.43. The van der Waals surface area contributed by atoms with Gasteiger partial charge in [0, 0.05) is 6.54 Å². The van der Waals surface area contributed by atoms with Gasteiger partial charge in [0.15, 0.2) is 0 Å². The molecular formula is C15H12N4S. The third kappa shape index (κ3) is 2.60. The molecule has 2 heterocycles. The van der Waals surface area contributed by atoms with E-state index in [4.69, 9.17) is 5.26 Å². The molecule has 3 rings (SSSR count). The molecule has 0 bridgehead atoms. The molecule has 0 spiro atoms. The van der Waals surface area contributed by atoms with Crippen molar-refractivity contribution in [3.63, 3.8) is 0 Å². The zero-order valence-corrected chi connectivity index (χ0v) is 11.5. The third-order valence-electron chi connectivity index (χ3n) is 3.02. The maximum absolute atomic E-state index is 8.88. The summed E-state index contributed by atoms with van der Waals surface area (Å²) in [5, 5.41) is 15.3. The first kappa shape index (κ1) is 12.6. The average Bonchev–Trinajstić information content (AvgIpc) is 2.97. The molecule has 98 valence electrons. The number of rotatable bonds is 4. The largest absolute Gasteiger partial charge is 0.369 e. The van der Waals surface area contributed by atoms with Crippen molar-refractivity contribution in [2.24, 2.45) is 0 Å². The molecule has 0 fully saturated rings. The summed E-state index contributed by atoms with van der Waals surface area (Å²) in [4.78, 5) is 9.49. The van der Waals surface area contributed by atoms with Crippen LogP contribution < -0.4 is 5.32 Å². The minimum atomic E-state index is 0.699. The number of anilines is 1. The predicted molar refractivity (Wildman–Crippen MR) is 80.8 cm³/mol. The SMILES string of the molecule is N#Cc1cccc(CCNc2ncnc3sccc23)c1. The van der Waals surface area contributed by atoms with Gasteiger partial charge in [0.05, 0.1) is 17.0 Å². The molecule has 5 heteroatoms. The zero-order chi connectivity index (χ0) is 13.8. The Kier molecular flexibility index (Phi) is 3.57. The highest BCUT2D eigenvalue weighted by Gasteiger charge is 2.03. The van der Waals surface area contributed by atoms with E-state index in [1.807, 2.05) is 35.7 Å². The molecule has 0 saturated heterocycles. The first-order valence-corrected chi connectivity index (χ1v) is 7.16. The Bertz CT molecular complexity index is 773. The number of nitrogens with one attached hydrogen (secondary N) is 1. The van der Waals surface area contributed by atoms with Crippen molar-refractivity contribution in [3.8, 4) is 6.07 Å². The Morgan fingerprint density at radius 2 is 2.20 bits per heavy atom. The van der Waals surface area contributed by atoms with Crippen molar-refractivity contribution < 1.29 is 0 Å². The van der Waals surface area contributed by atoms with E-state index in [0.717, 1.165) is 34.6 Å². The van der Waals surface area contributed by atoms with Gasteiger partial charge in [-0.3, -0.25) is 0 Å². The minimum absolute atomic E-state index is 0.699. The van der Waals surface area contributed by atoms with E-state index in [-0.39, 0.29) is 0 Å². The van der Waals surface area contributed by atoms with Gasteiger partial charge in [0.1, 0.15) is 17.0 Å². The summed E-state index contributed by atoms with van der Waals surface area (Å²) in [6, 6.07) is 11.9. The topological polar surface area (TPSA) is 61.6 Å². The van der Waals surface area contributed by atoms with Gasteiger partial charge in [0.2, 0.25) is 0 Å². The van der Waals surface area contributed by atoms with Crippen molar-refractivity contribution in [1.82, 2.24) is 9.97 Å². The van der Waals surface area contributed by atoms with Gasteiger partial charge < -0.3 is 5.32 Å². The maximum Gasteiger partial charge on any atom is 0.138 e. The summed E-state index contributed by atoms with van der Waals surface area (Å²) in [5.74, 6) is 0.868. The highest BCUT2D eigenvalue weighted by atomic mass is 32.1. The summed E-state index contributed by atoms with van der Waals surface area (Å²) >= 11 is 1.61. The van der Waals surface area contributed by atoms with Gasteiger partial charge in [-0.15, -0.1) is 11.3 Å². The van der Waals surface area contributed by atoms with Crippen LogP contribution in [0.1, 0.15) is 11.1 Å². The monoisotopic (exact) mass is 280 g/mol. The van der Waals surface area contributed by atoms with E-state index < -0.39 is 0 Å². The van der Waals surface area contributed by atoms with Crippen molar-refractivity contribution in [1.29, 1.82) is 5.26 Å². The summed E-state index contributed by atoms with van der Waals surface area (Å²) in [7, 11) is 0. The van der Waals surface area contributed by atoms with Gasteiger partial charge in [-0.05, 0) is 35.6 Å². The summed E-state index contributed by atoms with van der Waals surface area (Å²) in [5.41, 5.74) is 1.84. The van der Waals surface area contributed by atoms with Crippen LogP contribution in [0.25, 0.3) is 10.2 Å². The van der Waals surface area contributed by atoms with Crippen molar-refractivity contribution >= 4 is 27.4 Å². The highest BCUT2D eigenvalue weighted by molar-refractivity contribution is 7.16. The van der Waals surface area contributed by atoms with Gasteiger partial charge >= 0.3 is 0 Å². The second-order valence-electron chi connectivity index (χ2n) is 4.35. The molecule has 0 saturated carbocycles. The minimum Gasteiger partial charge on any atom is -0.369 e. The molecular weight excluding hydrogens is 268 g/mol. The number of fused-ring (bicyclic) bond motifs is 1. The van der Waals surface area contributed by atoms with Crippen molar-refractivity contribution in [3.05, 3.63) is 53.2 Å². The highest BCUT2D eigenvalue weighted by Crippen LogP contribution is 2.23. The molecule has 20 heavy (non-hydrogen) atoms. The lowest BCUT2D eigenvalue weighted by Gasteiger charge is -2.06. The number of nitrogens with zero attached hydrogens (tertiary/aromatic N) is 3. The molecule has 1 N–H and O–H groups in total. The Labute approximate surface area is 120 Å². The molecule has 0 atom stereocenters. The first-order chi connectivity index (χ1) is 9.86. The predicted octanol–water partition coefficient (Wildman–Crippen LogP) is 3.22. The van der Waals surface area contributed by atoms with E-state index in [0.29, 0.717) is 5.56 Å². The fourth-order valence-corrected chi connectivity index (χ4v) is 2.79. The van der Waals surface area contributed by atoms with Crippen LogP contribution in [0, 0.1) is 11.3 Å². The van der Waals surface area contributed by atoms with Crippen LogP contribution >= 0.6 is 11.3 Å². The van der Waals surface area contributed by atoms with E-state index in [9.17, 15) is 0 Å². The number of thiophene rings is 1. The Morgan fingerprint density at radius 3 is 3.10 bits per heavy atom. The molecule has 3 aromatic rings. The summed E-state index contributed by atoms with van der Waals surface area (Å²) < 4.78 is 0. The molecule has 0 amide bonds. The number of aromatic nitrogens is 2. The second-order valence-corrected chi connectivity index (χ2v) is 5.25. The molecule has 0 unspecified atom stereocenters. The Hall–Kier alpha value is -2.45. The number of nitriles is 1.